The van der Waals surface area contributed by atoms with Crippen LogP contribution in [0.3, 0.4) is 0 Å². The summed E-state index contributed by atoms with van der Waals surface area (Å²) in [5, 5.41) is 10.7. The summed E-state index contributed by atoms with van der Waals surface area (Å²) in [6.45, 7) is 7.13. The maximum Gasteiger partial charge on any atom is 0.228 e. The third-order valence-electron chi connectivity index (χ3n) is 6.20. The number of anilines is 1. The molecule has 31 heavy (non-hydrogen) atoms. The molecule has 2 saturated heterocycles. The van der Waals surface area contributed by atoms with Crippen LogP contribution in [0.2, 0.25) is 5.02 Å². The third kappa shape index (κ3) is 4.76. The Bertz CT molecular complexity index is 910. The maximum absolute atomic E-state index is 6.42. The van der Waals surface area contributed by atoms with Gasteiger partial charge in [-0.25, -0.2) is 0 Å². The van der Waals surface area contributed by atoms with E-state index in [0.29, 0.717) is 24.0 Å². The van der Waals surface area contributed by atoms with E-state index in [4.69, 9.17) is 25.8 Å². The predicted octanol–water partition coefficient (Wildman–Crippen LogP) is 4.41. The fourth-order valence-corrected chi connectivity index (χ4v) is 5.54. The average molecular weight is 465 g/mol. The van der Waals surface area contributed by atoms with Crippen LogP contribution in [0.1, 0.15) is 38.2 Å². The number of piperidine rings is 1. The number of nitrogens with zero attached hydrogens (tertiary/aromatic N) is 4. The summed E-state index contributed by atoms with van der Waals surface area (Å²) in [6.07, 6.45) is 4.86. The molecule has 3 aliphatic rings. The Morgan fingerprint density at radius 3 is 2.74 bits per heavy atom. The van der Waals surface area contributed by atoms with Gasteiger partial charge < -0.3 is 19.1 Å². The molecule has 0 N–H and O–H groups in total. The quantitative estimate of drug-likeness (QED) is 0.586. The zero-order chi connectivity index (χ0) is 21.2. The van der Waals surface area contributed by atoms with Gasteiger partial charge in [0.25, 0.3) is 0 Å². The highest BCUT2D eigenvalue weighted by Gasteiger charge is 2.26. The van der Waals surface area contributed by atoms with E-state index in [1.165, 1.54) is 12.8 Å². The fourth-order valence-electron chi connectivity index (χ4n) is 4.38. The number of hydrogen-bond donors (Lipinski definition) is 0. The van der Waals surface area contributed by atoms with Gasteiger partial charge >= 0.3 is 0 Å². The summed E-state index contributed by atoms with van der Waals surface area (Å²) in [7, 11) is 0. The molecule has 2 aromatic rings. The Morgan fingerprint density at radius 2 is 1.94 bits per heavy atom. The van der Waals surface area contributed by atoms with Crippen molar-refractivity contribution in [3.63, 3.8) is 0 Å². The first-order valence-electron chi connectivity index (χ1n) is 11.2. The molecule has 0 radical (unpaired) electrons. The molecule has 168 valence electrons. The Labute approximate surface area is 192 Å². The molecule has 1 atom stereocenters. The first-order chi connectivity index (χ1) is 15.2. The van der Waals surface area contributed by atoms with Gasteiger partial charge in [-0.05, 0) is 49.3 Å². The van der Waals surface area contributed by atoms with Crippen molar-refractivity contribution < 1.29 is 14.2 Å². The lowest BCUT2D eigenvalue weighted by molar-refractivity contribution is 0.0951. The molecular formula is C22H29ClN4O3S. The number of ether oxygens (including phenoxy) is 3. The Balaban J connectivity index is 1.35. The second kappa shape index (κ2) is 9.46. The molecule has 4 heterocycles. The minimum Gasteiger partial charge on any atom is -0.486 e. The molecule has 0 spiro atoms. The van der Waals surface area contributed by atoms with Crippen LogP contribution in [0.4, 0.5) is 5.95 Å². The van der Waals surface area contributed by atoms with Crippen molar-refractivity contribution >= 4 is 29.3 Å². The van der Waals surface area contributed by atoms with Crippen molar-refractivity contribution in [1.29, 1.82) is 0 Å². The molecule has 0 bridgehead atoms. The summed E-state index contributed by atoms with van der Waals surface area (Å²) in [4.78, 5) is 2.38. The van der Waals surface area contributed by atoms with E-state index in [-0.39, 0.29) is 6.10 Å². The summed E-state index contributed by atoms with van der Waals surface area (Å²) >= 11 is 8.10. The van der Waals surface area contributed by atoms with Crippen LogP contribution in [0, 0.1) is 5.92 Å². The van der Waals surface area contributed by atoms with Crippen molar-refractivity contribution in [1.82, 2.24) is 14.8 Å². The maximum atomic E-state index is 6.42. The molecule has 3 aliphatic heterocycles. The van der Waals surface area contributed by atoms with E-state index < -0.39 is 0 Å². The van der Waals surface area contributed by atoms with Crippen LogP contribution in [-0.4, -0.2) is 53.8 Å². The van der Waals surface area contributed by atoms with E-state index >= 15 is 0 Å². The minimum absolute atomic E-state index is 0.238. The second-order valence-corrected chi connectivity index (χ2v) is 9.94. The van der Waals surface area contributed by atoms with E-state index in [0.717, 1.165) is 73.2 Å². The van der Waals surface area contributed by atoms with Gasteiger partial charge in [0.15, 0.2) is 16.7 Å². The average Bonchev–Trinajstić information content (AvgIpc) is 3.44. The lowest BCUT2D eigenvalue weighted by atomic mass is 10.00. The molecule has 2 fully saturated rings. The molecule has 5 rings (SSSR count). The van der Waals surface area contributed by atoms with Crippen molar-refractivity contribution in [3.05, 3.63) is 22.7 Å². The van der Waals surface area contributed by atoms with Crippen molar-refractivity contribution in [2.24, 2.45) is 5.92 Å². The van der Waals surface area contributed by atoms with Gasteiger partial charge in [-0.2, -0.15) is 0 Å². The Morgan fingerprint density at radius 1 is 1.10 bits per heavy atom. The Hall–Kier alpha value is -1.64. The van der Waals surface area contributed by atoms with Crippen LogP contribution in [-0.2, 0) is 17.0 Å². The van der Waals surface area contributed by atoms with Crippen LogP contribution >= 0.6 is 23.4 Å². The molecule has 0 amide bonds. The van der Waals surface area contributed by atoms with Gasteiger partial charge in [0.1, 0.15) is 13.2 Å². The molecule has 7 nitrogen and oxygen atoms in total. The number of thioether (sulfide) groups is 1. The van der Waals surface area contributed by atoms with Gasteiger partial charge in [0, 0.05) is 25.4 Å². The summed E-state index contributed by atoms with van der Waals surface area (Å²) in [6, 6.07) is 3.97. The minimum atomic E-state index is 0.238. The van der Waals surface area contributed by atoms with Gasteiger partial charge in [-0.3, -0.25) is 4.57 Å². The van der Waals surface area contributed by atoms with Crippen LogP contribution in [0.15, 0.2) is 17.3 Å². The van der Waals surface area contributed by atoms with E-state index in [9.17, 15) is 0 Å². The van der Waals surface area contributed by atoms with Crippen LogP contribution < -0.4 is 14.4 Å². The fraction of sp³-hybridized carbons (Fsp3) is 0.636. The third-order valence-corrected chi connectivity index (χ3v) is 7.52. The van der Waals surface area contributed by atoms with Crippen molar-refractivity contribution in [3.8, 4) is 11.5 Å². The summed E-state index contributed by atoms with van der Waals surface area (Å²) in [5.41, 5.74) is 1.08. The Kier molecular flexibility index (Phi) is 6.48. The molecule has 1 aromatic heterocycles. The normalized spacial score (nSPS) is 21.6. The van der Waals surface area contributed by atoms with E-state index in [1.807, 2.05) is 12.1 Å². The lowest BCUT2D eigenvalue weighted by Gasteiger charge is -2.31. The molecule has 1 aromatic carbocycles. The number of halogens is 1. The first kappa shape index (κ1) is 21.2. The molecule has 9 heteroatoms. The second-order valence-electron chi connectivity index (χ2n) is 8.59. The van der Waals surface area contributed by atoms with Crippen LogP contribution in [0.25, 0.3) is 0 Å². The topological polar surface area (TPSA) is 61.6 Å². The van der Waals surface area contributed by atoms with Gasteiger partial charge in [-0.15, -0.1) is 10.2 Å². The largest absolute Gasteiger partial charge is 0.486 e. The smallest absolute Gasteiger partial charge is 0.228 e. The first-order valence-corrected chi connectivity index (χ1v) is 12.5. The number of rotatable bonds is 6. The van der Waals surface area contributed by atoms with Gasteiger partial charge in [0.05, 0.1) is 17.7 Å². The molecular weight excluding hydrogens is 436 g/mol. The summed E-state index contributed by atoms with van der Waals surface area (Å²) < 4.78 is 19.5. The standard InChI is InChI=1S/C22H29ClN4O3S/c1-15-4-6-26(7-5-15)21-24-25-22(27(21)13-17-3-2-8-28-17)31-14-16-11-18(23)20-19(12-16)29-9-10-30-20/h11-12,15,17H,2-10,13-14H2,1H3. The van der Waals surface area contributed by atoms with Gasteiger partial charge in [0.2, 0.25) is 5.95 Å². The highest BCUT2D eigenvalue weighted by Crippen LogP contribution is 2.40. The highest BCUT2D eigenvalue weighted by molar-refractivity contribution is 7.98. The monoisotopic (exact) mass is 464 g/mol. The van der Waals surface area contributed by atoms with Crippen molar-refractivity contribution in [2.75, 3.05) is 37.8 Å². The zero-order valence-electron chi connectivity index (χ0n) is 17.9. The van der Waals surface area contributed by atoms with E-state index in [1.54, 1.807) is 11.8 Å². The summed E-state index contributed by atoms with van der Waals surface area (Å²) in [5.74, 6) is 3.85. The van der Waals surface area contributed by atoms with E-state index in [2.05, 4.69) is 26.6 Å². The lowest BCUT2D eigenvalue weighted by Crippen LogP contribution is -2.35. The number of hydrogen-bond acceptors (Lipinski definition) is 7. The molecule has 0 saturated carbocycles. The number of fused-ring (bicyclic) bond motifs is 1. The molecule has 1 unspecified atom stereocenters. The zero-order valence-corrected chi connectivity index (χ0v) is 19.5. The number of benzene rings is 1. The van der Waals surface area contributed by atoms with Crippen LogP contribution in [0.5, 0.6) is 11.5 Å². The predicted molar refractivity (Wildman–Crippen MR) is 122 cm³/mol. The molecule has 0 aliphatic carbocycles. The SMILES string of the molecule is CC1CCN(c2nnc(SCc3cc(Cl)c4c(c3)OCCO4)n2CC2CCCO2)CC1. The number of aromatic nitrogens is 3. The van der Waals surface area contributed by atoms with Crippen molar-refractivity contribution in [2.45, 2.75) is 56.2 Å². The highest BCUT2D eigenvalue weighted by atomic mass is 35.5. The van der Waals surface area contributed by atoms with Gasteiger partial charge in [-0.1, -0.05) is 30.3 Å².